The highest BCUT2D eigenvalue weighted by molar-refractivity contribution is 5.52. The first kappa shape index (κ1) is 9.05. The van der Waals surface area contributed by atoms with Gasteiger partial charge in [-0.15, -0.1) is 0 Å². The van der Waals surface area contributed by atoms with Gasteiger partial charge in [-0.2, -0.15) is 0 Å². The van der Waals surface area contributed by atoms with Crippen molar-refractivity contribution in [2.45, 2.75) is 20.8 Å². The van der Waals surface area contributed by atoms with Crippen molar-refractivity contribution < 1.29 is 0 Å². The Kier molecular flexibility index (Phi) is 3.09. The molecule has 1 rings (SSSR count). The molecule has 0 amide bonds. The molecule has 0 N–H and O–H groups in total. The van der Waals surface area contributed by atoms with Crippen LogP contribution in [0.5, 0.6) is 0 Å². The van der Waals surface area contributed by atoms with Gasteiger partial charge in [0, 0.05) is 0 Å². The van der Waals surface area contributed by atoms with Crippen molar-refractivity contribution in [1.29, 1.82) is 0 Å². The fourth-order valence-corrected chi connectivity index (χ4v) is 0.979. The second-order valence-electron chi connectivity index (χ2n) is 3.45. The van der Waals surface area contributed by atoms with Crippen molar-refractivity contribution in [3.05, 3.63) is 41.5 Å². The van der Waals surface area contributed by atoms with E-state index in [1.54, 1.807) is 0 Å². The lowest BCUT2D eigenvalue weighted by atomic mass is 10.0. The zero-order valence-electron chi connectivity index (χ0n) is 8.04. The van der Waals surface area contributed by atoms with Crippen LogP contribution in [-0.4, -0.2) is 0 Å². The summed E-state index contributed by atoms with van der Waals surface area (Å²) in [5.74, 6) is 0.644. The lowest BCUT2D eigenvalue weighted by molar-refractivity contribution is 0.776. The number of hydrogen-bond donors (Lipinski definition) is 0. The Morgan fingerprint density at radius 2 is 1.75 bits per heavy atom. The number of hydrogen-bond acceptors (Lipinski definition) is 0. The molecule has 0 saturated heterocycles. The van der Waals surface area contributed by atoms with Gasteiger partial charge in [0.05, 0.1) is 0 Å². The van der Waals surface area contributed by atoms with Crippen molar-refractivity contribution >= 4 is 6.08 Å². The van der Waals surface area contributed by atoms with Crippen molar-refractivity contribution in [2.24, 2.45) is 5.92 Å². The summed E-state index contributed by atoms with van der Waals surface area (Å²) in [5.41, 5.74) is 2.73. The minimum absolute atomic E-state index is 0.644. The van der Waals surface area contributed by atoms with E-state index in [9.17, 15) is 0 Å². The summed E-state index contributed by atoms with van der Waals surface area (Å²) >= 11 is 0. The second kappa shape index (κ2) is 4.10. The minimum Gasteiger partial charge on any atom is -0.0702 e. The summed E-state index contributed by atoms with van der Waals surface area (Å²) in [4.78, 5) is 0. The minimum atomic E-state index is 0.644. The predicted octanol–water partition coefficient (Wildman–Crippen LogP) is 3.75. The van der Waals surface area contributed by atoms with Gasteiger partial charge in [0.15, 0.2) is 0 Å². The SMILES string of the molecule is C/C(=C/c1ccccc1)C(C)C. The molecule has 64 valence electrons. The van der Waals surface area contributed by atoms with Gasteiger partial charge in [-0.25, -0.2) is 0 Å². The average molecular weight is 160 g/mol. The molecule has 0 saturated carbocycles. The van der Waals surface area contributed by atoms with Crippen molar-refractivity contribution in [3.63, 3.8) is 0 Å². The summed E-state index contributed by atoms with van der Waals surface area (Å²) in [6.07, 6.45) is 2.24. The van der Waals surface area contributed by atoms with Gasteiger partial charge >= 0.3 is 0 Å². The van der Waals surface area contributed by atoms with E-state index >= 15 is 0 Å². The Labute approximate surface area is 74.9 Å². The molecule has 0 bridgehead atoms. The van der Waals surface area contributed by atoms with Crippen molar-refractivity contribution in [2.75, 3.05) is 0 Å². The molecule has 0 spiro atoms. The first-order chi connectivity index (χ1) is 5.70. The fraction of sp³-hybridized carbons (Fsp3) is 0.333. The highest BCUT2D eigenvalue weighted by Crippen LogP contribution is 2.12. The summed E-state index contributed by atoms with van der Waals surface area (Å²) in [7, 11) is 0. The maximum atomic E-state index is 2.24. The molecule has 0 aliphatic heterocycles. The van der Waals surface area contributed by atoms with Gasteiger partial charge in [0.25, 0.3) is 0 Å². The maximum Gasteiger partial charge on any atom is -0.0257 e. The van der Waals surface area contributed by atoms with Gasteiger partial charge in [-0.3, -0.25) is 0 Å². The van der Waals surface area contributed by atoms with Crippen LogP contribution in [0, 0.1) is 5.92 Å². The topological polar surface area (TPSA) is 0 Å². The molecule has 0 aliphatic carbocycles. The first-order valence-electron chi connectivity index (χ1n) is 4.43. The van der Waals surface area contributed by atoms with E-state index in [2.05, 4.69) is 51.1 Å². The third-order valence-electron chi connectivity index (χ3n) is 2.10. The van der Waals surface area contributed by atoms with Crippen LogP contribution in [0.15, 0.2) is 35.9 Å². The second-order valence-corrected chi connectivity index (χ2v) is 3.45. The molecule has 0 radical (unpaired) electrons. The molecule has 0 unspecified atom stereocenters. The lowest BCUT2D eigenvalue weighted by Crippen LogP contribution is -1.87. The maximum absolute atomic E-state index is 2.24. The molecule has 0 heteroatoms. The zero-order valence-corrected chi connectivity index (χ0v) is 8.04. The van der Waals surface area contributed by atoms with Gasteiger partial charge in [0.2, 0.25) is 0 Å². The summed E-state index contributed by atoms with van der Waals surface area (Å²) in [6, 6.07) is 10.4. The molecular formula is C12H16. The van der Waals surface area contributed by atoms with E-state index in [1.165, 1.54) is 11.1 Å². The lowest BCUT2D eigenvalue weighted by Gasteiger charge is -2.04. The van der Waals surface area contributed by atoms with E-state index in [4.69, 9.17) is 0 Å². The Bertz CT molecular complexity index is 255. The Hall–Kier alpha value is -1.04. The molecule has 12 heavy (non-hydrogen) atoms. The largest absolute Gasteiger partial charge is 0.0702 e. The Morgan fingerprint density at radius 3 is 2.25 bits per heavy atom. The quantitative estimate of drug-likeness (QED) is 0.618. The third-order valence-corrected chi connectivity index (χ3v) is 2.10. The van der Waals surface area contributed by atoms with Gasteiger partial charge in [0.1, 0.15) is 0 Å². The highest BCUT2D eigenvalue weighted by atomic mass is 14.0. The molecule has 0 aliphatic rings. The molecule has 1 aromatic rings. The van der Waals surface area contributed by atoms with Crippen LogP contribution in [0.3, 0.4) is 0 Å². The Balaban J connectivity index is 2.81. The number of rotatable bonds is 2. The molecule has 0 nitrogen and oxygen atoms in total. The summed E-state index contributed by atoms with van der Waals surface area (Å²) in [5, 5.41) is 0. The molecule has 0 heterocycles. The van der Waals surface area contributed by atoms with Gasteiger partial charge in [-0.05, 0) is 18.4 Å². The van der Waals surface area contributed by atoms with Gasteiger partial charge in [-0.1, -0.05) is 55.8 Å². The van der Waals surface area contributed by atoms with E-state index < -0.39 is 0 Å². The molecule has 0 fully saturated rings. The highest BCUT2D eigenvalue weighted by Gasteiger charge is 1.95. The van der Waals surface area contributed by atoms with Crippen LogP contribution in [0.25, 0.3) is 6.08 Å². The average Bonchev–Trinajstić information content (AvgIpc) is 2.06. The summed E-state index contributed by atoms with van der Waals surface area (Å²) < 4.78 is 0. The zero-order chi connectivity index (χ0) is 8.97. The first-order valence-corrected chi connectivity index (χ1v) is 4.43. The van der Waals surface area contributed by atoms with Crippen LogP contribution in [-0.2, 0) is 0 Å². The molecule has 0 aromatic heterocycles. The van der Waals surface area contributed by atoms with Crippen LogP contribution < -0.4 is 0 Å². The van der Waals surface area contributed by atoms with Crippen LogP contribution >= 0.6 is 0 Å². The van der Waals surface area contributed by atoms with E-state index in [0.717, 1.165) is 0 Å². The normalized spacial score (nSPS) is 12.2. The van der Waals surface area contributed by atoms with Crippen LogP contribution in [0.4, 0.5) is 0 Å². The molecular weight excluding hydrogens is 144 g/mol. The standard InChI is InChI=1S/C12H16/c1-10(2)11(3)9-12-7-5-4-6-8-12/h4-10H,1-3H3/b11-9-. The number of allylic oxidation sites excluding steroid dienone is 1. The monoisotopic (exact) mass is 160 g/mol. The Morgan fingerprint density at radius 1 is 1.17 bits per heavy atom. The van der Waals surface area contributed by atoms with E-state index in [-0.39, 0.29) is 0 Å². The van der Waals surface area contributed by atoms with Crippen LogP contribution in [0.2, 0.25) is 0 Å². The van der Waals surface area contributed by atoms with E-state index in [0.29, 0.717) is 5.92 Å². The van der Waals surface area contributed by atoms with Crippen molar-refractivity contribution in [3.8, 4) is 0 Å². The fourth-order valence-electron chi connectivity index (χ4n) is 0.979. The van der Waals surface area contributed by atoms with Crippen molar-refractivity contribution in [1.82, 2.24) is 0 Å². The molecule has 1 aromatic carbocycles. The predicted molar refractivity (Wildman–Crippen MR) is 54.9 cm³/mol. The van der Waals surface area contributed by atoms with Gasteiger partial charge < -0.3 is 0 Å². The smallest absolute Gasteiger partial charge is 0.0257 e. The molecule has 0 atom stereocenters. The number of benzene rings is 1. The third kappa shape index (κ3) is 2.54. The van der Waals surface area contributed by atoms with E-state index in [1.807, 2.05) is 6.07 Å². The summed E-state index contributed by atoms with van der Waals surface area (Å²) in [6.45, 7) is 6.61. The van der Waals surface area contributed by atoms with Crippen LogP contribution in [0.1, 0.15) is 26.3 Å².